The minimum absolute atomic E-state index is 0.0553. The van der Waals surface area contributed by atoms with Crippen molar-refractivity contribution >= 4 is 5.97 Å². The third-order valence-corrected chi connectivity index (χ3v) is 14.0. The summed E-state index contributed by atoms with van der Waals surface area (Å²) < 4.78 is 5.48. The fourth-order valence-electron chi connectivity index (χ4n) is 11.7. The zero-order valence-electron chi connectivity index (χ0n) is 28.7. The number of hydrogen-bond acceptors (Lipinski definition) is 6. The summed E-state index contributed by atoms with van der Waals surface area (Å²) in [4.78, 5) is 14.3. The largest absolute Gasteiger partial charge is 0.466 e. The Morgan fingerprint density at radius 2 is 1.63 bits per heavy atom. The molecule has 4 rings (SSSR count). The van der Waals surface area contributed by atoms with Crippen LogP contribution in [0.2, 0.25) is 0 Å². The van der Waals surface area contributed by atoms with E-state index in [-0.39, 0.29) is 30.5 Å². The molecule has 0 amide bonds. The van der Waals surface area contributed by atoms with Crippen molar-refractivity contribution in [1.29, 1.82) is 0 Å². The topological polar surface area (TPSA) is 102 Å². The number of unbranched alkanes of at least 4 members (excludes halogenated alkanes) is 1. The van der Waals surface area contributed by atoms with Crippen molar-refractivity contribution in [3.63, 3.8) is 0 Å². The van der Waals surface area contributed by atoms with Crippen molar-refractivity contribution < 1.29 is 14.6 Å². The molecule has 0 aromatic rings. The third kappa shape index (κ3) is 7.66. The van der Waals surface area contributed by atoms with Crippen LogP contribution in [0.1, 0.15) is 125 Å². The zero-order valence-corrected chi connectivity index (χ0v) is 28.7. The fraction of sp³-hybridized carbons (Fsp3) is 0.973. The van der Waals surface area contributed by atoms with Gasteiger partial charge in [0.15, 0.2) is 0 Å². The molecule has 3 unspecified atom stereocenters. The number of ether oxygens (including phenoxy) is 1. The van der Waals surface area contributed by atoms with E-state index in [1.807, 2.05) is 0 Å². The highest BCUT2D eigenvalue weighted by Crippen LogP contribution is 2.68. The molecule has 0 radical (unpaired) electrons. The monoisotopic (exact) mass is 604 g/mol. The molecule has 6 nitrogen and oxygen atoms in total. The first-order valence-electron chi connectivity index (χ1n) is 18.5. The highest BCUT2D eigenvalue weighted by atomic mass is 16.5. The van der Waals surface area contributed by atoms with Crippen molar-refractivity contribution in [2.24, 2.45) is 69.6 Å². The van der Waals surface area contributed by atoms with Gasteiger partial charge in [0.05, 0.1) is 6.61 Å². The summed E-state index contributed by atoms with van der Waals surface area (Å²) in [6.45, 7) is 15.3. The molecule has 43 heavy (non-hydrogen) atoms. The van der Waals surface area contributed by atoms with Crippen molar-refractivity contribution in [3.8, 4) is 0 Å². The summed E-state index contributed by atoms with van der Waals surface area (Å²) in [6.07, 6.45) is 18.6. The van der Waals surface area contributed by atoms with Crippen molar-refractivity contribution in [2.45, 2.75) is 131 Å². The van der Waals surface area contributed by atoms with Gasteiger partial charge in [-0.05, 0) is 155 Å². The van der Waals surface area contributed by atoms with E-state index in [2.05, 4.69) is 32.6 Å². The van der Waals surface area contributed by atoms with Crippen LogP contribution in [0.3, 0.4) is 0 Å². The average Bonchev–Trinajstić information content (AvgIpc) is 3.34. The molecule has 0 aromatic carbocycles. The molecule has 0 heterocycles. The van der Waals surface area contributed by atoms with E-state index in [4.69, 9.17) is 16.2 Å². The van der Waals surface area contributed by atoms with Gasteiger partial charge >= 0.3 is 5.97 Å². The van der Waals surface area contributed by atoms with Gasteiger partial charge in [-0.25, -0.2) is 0 Å². The third-order valence-electron chi connectivity index (χ3n) is 14.0. The molecular formula is C37H69N3O3. The summed E-state index contributed by atoms with van der Waals surface area (Å²) in [5.74, 6) is 4.96. The molecule has 5 N–H and O–H groups in total. The molecule has 4 aliphatic rings. The molecule has 250 valence electrons. The fourth-order valence-corrected chi connectivity index (χ4v) is 11.7. The van der Waals surface area contributed by atoms with Crippen LogP contribution in [0.25, 0.3) is 0 Å². The Morgan fingerprint density at radius 1 is 0.907 bits per heavy atom. The number of rotatable bonds is 16. The summed E-state index contributed by atoms with van der Waals surface area (Å²) in [5.41, 5.74) is 12.9. The highest BCUT2D eigenvalue weighted by Gasteiger charge is 2.60. The lowest BCUT2D eigenvalue weighted by Gasteiger charge is -2.61. The van der Waals surface area contributed by atoms with Crippen LogP contribution in [0.5, 0.6) is 0 Å². The summed E-state index contributed by atoms with van der Waals surface area (Å²) in [5, 5.41) is 10.8. The van der Waals surface area contributed by atoms with Gasteiger partial charge in [0.2, 0.25) is 0 Å². The Hall–Kier alpha value is -0.690. The molecular weight excluding hydrogens is 534 g/mol. The van der Waals surface area contributed by atoms with E-state index in [1.54, 1.807) is 0 Å². The maximum atomic E-state index is 11.7. The Labute approximate surface area is 264 Å². The lowest BCUT2D eigenvalue weighted by atomic mass is 9.44. The van der Waals surface area contributed by atoms with Crippen LogP contribution in [0, 0.1) is 58.2 Å². The zero-order chi connectivity index (χ0) is 31.2. The van der Waals surface area contributed by atoms with Crippen molar-refractivity contribution in [3.05, 3.63) is 0 Å². The lowest BCUT2D eigenvalue weighted by Crippen LogP contribution is -2.53. The van der Waals surface area contributed by atoms with Crippen LogP contribution in [-0.2, 0) is 9.53 Å². The maximum Gasteiger partial charge on any atom is 0.302 e. The van der Waals surface area contributed by atoms with Gasteiger partial charge in [-0.2, -0.15) is 0 Å². The molecule has 0 aromatic heterocycles. The second kappa shape index (κ2) is 15.7. The SMILES string of the molecule is CC(=O)OCC(C)[C@H](CO)C(C[C@@H](C)[C@H]1CC[C@H]2[C@@H]3CCC4CCCC[C@]4(C)[C@H]3CC[C@]12C)N(CCCN)CCCCN. The number of esters is 1. The molecule has 11 atom stereocenters. The van der Waals surface area contributed by atoms with Gasteiger partial charge in [0, 0.05) is 25.5 Å². The van der Waals surface area contributed by atoms with Gasteiger partial charge < -0.3 is 21.3 Å². The molecule has 4 saturated carbocycles. The summed E-state index contributed by atoms with van der Waals surface area (Å²) >= 11 is 0. The van der Waals surface area contributed by atoms with Gasteiger partial charge in [0.1, 0.15) is 0 Å². The maximum absolute atomic E-state index is 11.7. The number of carbonyl (C=O) groups is 1. The van der Waals surface area contributed by atoms with Crippen LogP contribution in [0.4, 0.5) is 0 Å². The van der Waals surface area contributed by atoms with Crippen LogP contribution >= 0.6 is 0 Å². The number of hydrogen-bond donors (Lipinski definition) is 3. The number of carbonyl (C=O) groups excluding carboxylic acids is 1. The quantitative estimate of drug-likeness (QED) is 0.135. The van der Waals surface area contributed by atoms with Crippen molar-refractivity contribution in [2.75, 3.05) is 39.4 Å². The molecule has 0 spiro atoms. The second-order valence-corrected chi connectivity index (χ2v) is 16.2. The Balaban J connectivity index is 1.53. The van der Waals surface area contributed by atoms with Gasteiger partial charge in [-0.1, -0.05) is 40.5 Å². The molecule has 4 aliphatic carbocycles. The van der Waals surface area contributed by atoms with Gasteiger partial charge in [0.25, 0.3) is 0 Å². The molecule has 4 fully saturated rings. The molecule has 0 saturated heterocycles. The first kappa shape index (κ1) is 35.2. The lowest BCUT2D eigenvalue weighted by molar-refractivity contribution is -0.143. The van der Waals surface area contributed by atoms with Crippen LogP contribution < -0.4 is 11.5 Å². The smallest absolute Gasteiger partial charge is 0.302 e. The first-order valence-corrected chi connectivity index (χ1v) is 18.5. The minimum atomic E-state index is -0.243. The number of nitrogens with two attached hydrogens (primary N) is 2. The van der Waals surface area contributed by atoms with E-state index in [0.717, 1.165) is 68.4 Å². The predicted octanol–water partition coefficient (Wildman–Crippen LogP) is 6.63. The molecule has 6 heteroatoms. The van der Waals surface area contributed by atoms with E-state index in [1.165, 1.54) is 71.1 Å². The molecule has 0 bridgehead atoms. The van der Waals surface area contributed by atoms with E-state index in [9.17, 15) is 9.90 Å². The predicted molar refractivity (Wildman–Crippen MR) is 177 cm³/mol. The summed E-state index contributed by atoms with van der Waals surface area (Å²) in [7, 11) is 0. The summed E-state index contributed by atoms with van der Waals surface area (Å²) in [6, 6.07) is 0.241. The number of aliphatic hydroxyl groups is 1. The van der Waals surface area contributed by atoms with Crippen molar-refractivity contribution in [1.82, 2.24) is 4.90 Å². The van der Waals surface area contributed by atoms with Crippen LogP contribution in [0.15, 0.2) is 0 Å². The normalized spacial score (nSPS) is 36.7. The Morgan fingerprint density at radius 3 is 2.33 bits per heavy atom. The minimum Gasteiger partial charge on any atom is -0.466 e. The number of fused-ring (bicyclic) bond motifs is 5. The number of aliphatic hydroxyl groups excluding tert-OH is 1. The number of nitrogens with zero attached hydrogens (tertiary/aromatic N) is 1. The van der Waals surface area contributed by atoms with Gasteiger partial charge in [-0.3, -0.25) is 9.69 Å². The van der Waals surface area contributed by atoms with Gasteiger partial charge in [-0.15, -0.1) is 0 Å². The Kier molecular flexibility index (Phi) is 12.9. The Bertz CT molecular complexity index is 870. The highest BCUT2D eigenvalue weighted by molar-refractivity contribution is 5.65. The van der Waals surface area contributed by atoms with E-state index in [0.29, 0.717) is 36.4 Å². The molecule has 0 aliphatic heterocycles. The first-order chi connectivity index (χ1) is 20.6. The standard InChI is InChI=1S/C37H69N3O3/c1-26(23-35(31(24-41)27(2)25-43-28(3)42)40(22-10-20-39)21-9-8-19-38)32-14-15-33-30-13-12-29-11-6-7-17-36(29,4)34(30)16-18-37(32,33)5/h26-27,29-35,41H,6-25,38-39H2,1-5H3/t26-,27?,29?,30+,31+,32-,33+,34+,35?,36+,37-/m1/s1. The average molecular weight is 604 g/mol. The van der Waals surface area contributed by atoms with E-state index < -0.39 is 0 Å². The second-order valence-electron chi connectivity index (χ2n) is 16.2. The van der Waals surface area contributed by atoms with Crippen LogP contribution in [-0.4, -0.2) is 61.4 Å². The van der Waals surface area contributed by atoms with E-state index >= 15 is 0 Å².